The molecule has 3 aromatic rings. The zero-order valence-corrected chi connectivity index (χ0v) is 21.5. The van der Waals surface area contributed by atoms with Crippen LogP contribution in [-0.2, 0) is 9.59 Å². The van der Waals surface area contributed by atoms with Crippen LogP contribution in [0, 0.1) is 13.8 Å². The molecule has 37 heavy (non-hydrogen) atoms. The van der Waals surface area contributed by atoms with Gasteiger partial charge in [-0.05, 0) is 55.8 Å². The smallest absolute Gasteiger partial charge is 0.283 e. The first-order chi connectivity index (χ1) is 17.8. The Hall–Kier alpha value is -4.10. The summed E-state index contributed by atoms with van der Waals surface area (Å²) in [7, 11) is 0. The van der Waals surface area contributed by atoms with Crippen LogP contribution in [0.4, 0.5) is 17.1 Å². The fraction of sp³-hybridized carbons (Fsp3) is 0.207. The maximum atomic E-state index is 13.2. The fourth-order valence-corrected chi connectivity index (χ4v) is 4.96. The normalized spacial score (nSPS) is 16.0. The highest BCUT2D eigenvalue weighted by Crippen LogP contribution is 2.32. The van der Waals surface area contributed by atoms with Gasteiger partial charge in [0.15, 0.2) is 0 Å². The van der Waals surface area contributed by atoms with Crippen molar-refractivity contribution in [3.05, 3.63) is 100 Å². The van der Waals surface area contributed by atoms with Gasteiger partial charge in [0.05, 0.1) is 5.69 Å². The highest BCUT2D eigenvalue weighted by Gasteiger charge is 2.39. The Bertz CT molecular complexity index is 1410. The van der Waals surface area contributed by atoms with Crippen LogP contribution >= 0.6 is 11.6 Å². The van der Waals surface area contributed by atoms with Crippen LogP contribution in [0.1, 0.15) is 21.5 Å². The topological polar surface area (TPSA) is 73.0 Å². The zero-order chi connectivity index (χ0) is 26.1. The van der Waals surface area contributed by atoms with E-state index in [4.69, 9.17) is 11.6 Å². The van der Waals surface area contributed by atoms with E-state index in [9.17, 15) is 14.4 Å². The van der Waals surface area contributed by atoms with E-state index >= 15 is 0 Å². The second kappa shape index (κ2) is 10.1. The van der Waals surface area contributed by atoms with Crippen LogP contribution < -0.4 is 15.1 Å². The average Bonchev–Trinajstić information content (AvgIpc) is 3.12. The number of aryl methyl sites for hydroxylation is 2. The quantitative estimate of drug-likeness (QED) is 0.500. The van der Waals surface area contributed by atoms with Crippen LogP contribution in [0.3, 0.4) is 0 Å². The van der Waals surface area contributed by atoms with E-state index < -0.39 is 11.8 Å². The van der Waals surface area contributed by atoms with Gasteiger partial charge in [0.2, 0.25) is 0 Å². The number of para-hydroxylation sites is 1. The summed E-state index contributed by atoms with van der Waals surface area (Å²) in [5.74, 6) is -1.19. The first kappa shape index (κ1) is 24.6. The largest absolute Gasteiger partial charge is 0.368 e. The number of nitrogens with zero attached hydrogens (tertiary/aromatic N) is 3. The van der Waals surface area contributed by atoms with E-state index in [-0.39, 0.29) is 16.6 Å². The molecular formula is C29H27ClN4O3. The molecule has 3 aromatic carbocycles. The second-order valence-electron chi connectivity index (χ2n) is 9.25. The molecule has 0 atom stereocenters. The van der Waals surface area contributed by atoms with Gasteiger partial charge in [0.25, 0.3) is 17.7 Å². The molecule has 1 fully saturated rings. The molecule has 1 N–H and O–H groups in total. The third-order valence-electron chi connectivity index (χ3n) is 6.69. The molecule has 0 radical (unpaired) electrons. The number of imide groups is 1. The Kier molecular flexibility index (Phi) is 6.72. The first-order valence-electron chi connectivity index (χ1n) is 12.2. The predicted octanol–water partition coefficient (Wildman–Crippen LogP) is 4.70. The number of rotatable bonds is 5. The minimum absolute atomic E-state index is 0.00674. The van der Waals surface area contributed by atoms with Gasteiger partial charge in [0.1, 0.15) is 10.7 Å². The molecule has 8 heteroatoms. The summed E-state index contributed by atoms with van der Waals surface area (Å²) in [4.78, 5) is 44.5. The summed E-state index contributed by atoms with van der Waals surface area (Å²) in [5.41, 5.74) is 4.47. The Morgan fingerprint density at radius 2 is 1.57 bits per heavy atom. The van der Waals surface area contributed by atoms with Gasteiger partial charge in [-0.25, -0.2) is 4.90 Å². The van der Waals surface area contributed by atoms with Gasteiger partial charge in [-0.3, -0.25) is 14.4 Å². The van der Waals surface area contributed by atoms with Crippen molar-refractivity contribution in [3.63, 3.8) is 0 Å². The Labute approximate surface area is 220 Å². The maximum absolute atomic E-state index is 13.2. The van der Waals surface area contributed by atoms with Gasteiger partial charge >= 0.3 is 0 Å². The number of anilines is 3. The second-order valence-corrected chi connectivity index (χ2v) is 9.62. The molecule has 0 bridgehead atoms. The number of halogens is 1. The van der Waals surface area contributed by atoms with E-state index in [1.807, 2.05) is 49.1 Å². The summed E-state index contributed by atoms with van der Waals surface area (Å²) in [5, 5.41) is 2.80. The van der Waals surface area contributed by atoms with E-state index in [2.05, 4.69) is 22.3 Å². The van der Waals surface area contributed by atoms with Crippen LogP contribution in [0.5, 0.6) is 0 Å². The summed E-state index contributed by atoms with van der Waals surface area (Å²) >= 11 is 6.32. The van der Waals surface area contributed by atoms with Crippen LogP contribution in [0.2, 0.25) is 0 Å². The molecule has 5 rings (SSSR count). The molecule has 0 spiro atoms. The Morgan fingerprint density at radius 1 is 0.838 bits per heavy atom. The third-order valence-corrected chi connectivity index (χ3v) is 7.04. The summed E-state index contributed by atoms with van der Waals surface area (Å²) < 4.78 is 0. The van der Waals surface area contributed by atoms with Crippen molar-refractivity contribution in [1.82, 2.24) is 4.90 Å². The van der Waals surface area contributed by atoms with Crippen molar-refractivity contribution in [1.29, 1.82) is 0 Å². The number of benzene rings is 3. The van der Waals surface area contributed by atoms with Gasteiger partial charge < -0.3 is 15.1 Å². The highest BCUT2D eigenvalue weighted by atomic mass is 35.5. The summed E-state index contributed by atoms with van der Waals surface area (Å²) in [6.45, 7) is 6.51. The van der Waals surface area contributed by atoms with Crippen LogP contribution in [0.15, 0.2) is 83.5 Å². The third kappa shape index (κ3) is 4.82. The number of nitrogens with one attached hydrogen (secondary N) is 1. The minimum atomic E-state index is -0.579. The lowest BCUT2D eigenvalue weighted by Gasteiger charge is -2.36. The van der Waals surface area contributed by atoms with Gasteiger partial charge in [-0.1, -0.05) is 53.6 Å². The Balaban J connectivity index is 1.29. The molecule has 2 aliphatic heterocycles. The molecule has 0 unspecified atom stereocenters. The number of carbonyl (C=O) groups is 3. The lowest BCUT2D eigenvalue weighted by atomic mass is 10.1. The molecule has 2 heterocycles. The standard InChI is InChI=1S/C29H27ClN4O3/c1-19-11-12-24(20(2)17-19)34-28(36)25(30)26(29(34)37)31-22-8-6-7-21(18-22)27(35)33-15-13-32(14-16-33)23-9-4-3-5-10-23/h3-12,17-18,31H,13-16H2,1-2H3. The van der Waals surface area contributed by atoms with Gasteiger partial charge in [-0.2, -0.15) is 0 Å². The first-order valence-corrected chi connectivity index (χ1v) is 12.5. The number of hydrogen-bond acceptors (Lipinski definition) is 5. The van der Waals surface area contributed by atoms with E-state index in [0.29, 0.717) is 30.0 Å². The predicted molar refractivity (Wildman–Crippen MR) is 146 cm³/mol. The molecule has 0 aliphatic carbocycles. The zero-order valence-electron chi connectivity index (χ0n) is 20.7. The molecule has 188 valence electrons. The molecule has 2 aliphatic rings. The molecule has 0 saturated carbocycles. The number of amides is 3. The van der Waals surface area contributed by atoms with Gasteiger partial charge in [0, 0.05) is 43.1 Å². The lowest BCUT2D eigenvalue weighted by molar-refractivity contribution is -0.120. The molecule has 0 aromatic heterocycles. The highest BCUT2D eigenvalue weighted by molar-refractivity contribution is 6.53. The Morgan fingerprint density at radius 3 is 2.27 bits per heavy atom. The van der Waals surface area contributed by atoms with E-state index in [1.54, 1.807) is 30.3 Å². The molecule has 1 saturated heterocycles. The number of hydrogen-bond donors (Lipinski definition) is 1. The van der Waals surface area contributed by atoms with Crippen LogP contribution in [-0.4, -0.2) is 48.8 Å². The minimum Gasteiger partial charge on any atom is -0.368 e. The summed E-state index contributed by atoms with van der Waals surface area (Å²) in [6, 6.07) is 22.6. The van der Waals surface area contributed by atoms with Crippen molar-refractivity contribution in [2.75, 3.05) is 41.3 Å². The van der Waals surface area contributed by atoms with Gasteiger partial charge in [-0.15, -0.1) is 0 Å². The van der Waals surface area contributed by atoms with E-state index in [0.717, 1.165) is 34.8 Å². The average molecular weight is 515 g/mol. The number of piperazine rings is 1. The van der Waals surface area contributed by atoms with Crippen molar-refractivity contribution in [3.8, 4) is 0 Å². The van der Waals surface area contributed by atoms with Crippen molar-refractivity contribution >= 4 is 46.4 Å². The molecule has 7 nitrogen and oxygen atoms in total. The lowest BCUT2D eigenvalue weighted by Crippen LogP contribution is -2.48. The fourth-order valence-electron chi connectivity index (χ4n) is 4.75. The SMILES string of the molecule is Cc1ccc(N2C(=O)C(Cl)=C(Nc3cccc(C(=O)N4CCN(c5ccccc5)CC4)c3)C2=O)c(C)c1. The maximum Gasteiger partial charge on any atom is 0.283 e. The molecular weight excluding hydrogens is 488 g/mol. The van der Waals surface area contributed by atoms with Crippen molar-refractivity contribution < 1.29 is 14.4 Å². The summed E-state index contributed by atoms with van der Waals surface area (Å²) in [6.07, 6.45) is 0. The molecule has 3 amide bonds. The van der Waals surface area contributed by atoms with Crippen molar-refractivity contribution in [2.24, 2.45) is 0 Å². The van der Waals surface area contributed by atoms with Crippen molar-refractivity contribution in [2.45, 2.75) is 13.8 Å². The monoisotopic (exact) mass is 514 g/mol. The number of carbonyl (C=O) groups excluding carboxylic acids is 3. The van der Waals surface area contributed by atoms with E-state index in [1.165, 1.54) is 0 Å². The van der Waals surface area contributed by atoms with Crippen LogP contribution in [0.25, 0.3) is 0 Å².